The standard InChI is InChI=1S/C13H25N3O/c1-10-12(17)16(11(2)14-10)9-13(3)5-7-15(4)8-6-13/h10-11,14H,5-9H2,1-4H3. The van der Waals surface area contributed by atoms with Crippen molar-refractivity contribution < 1.29 is 4.79 Å². The fraction of sp³-hybridized carbons (Fsp3) is 0.923. The van der Waals surface area contributed by atoms with Gasteiger partial charge >= 0.3 is 0 Å². The van der Waals surface area contributed by atoms with Crippen LogP contribution in [0.3, 0.4) is 0 Å². The van der Waals surface area contributed by atoms with Crippen molar-refractivity contribution in [3.05, 3.63) is 0 Å². The molecule has 0 aromatic heterocycles. The topological polar surface area (TPSA) is 35.6 Å². The van der Waals surface area contributed by atoms with E-state index in [-0.39, 0.29) is 18.1 Å². The minimum atomic E-state index is -0.0140. The Morgan fingerprint density at radius 1 is 1.35 bits per heavy atom. The summed E-state index contributed by atoms with van der Waals surface area (Å²) in [5, 5.41) is 3.30. The number of hydrogen-bond donors (Lipinski definition) is 1. The Labute approximate surface area is 104 Å². The molecule has 0 aromatic carbocycles. The van der Waals surface area contributed by atoms with Crippen LogP contribution in [0.2, 0.25) is 0 Å². The molecule has 2 heterocycles. The van der Waals surface area contributed by atoms with Gasteiger partial charge in [-0.25, -0.2) is 0 Å². The largest absolute Gasteiger partial charge is 0.326 e. The van der Waals surface area contributed by atoms with Crippen LogP contribution >= 0.6 is 0 Å². The van der Waals surface area contributed by atoms with Crippen molar-refractivity contribution in [3.8, 4) is 0 Å². The highest BCUT2D eigenvalue weighted by Crippen LogP contribution is 2.32. The van der Waals surface area contributed by atoms with Gasteiger partial charge in [0, 0.05) is 6.54 Å². The molecule has 1 amide bonds. The van der Waals surface area contributed by atoms with Crippen LogP contribution in [-0.2, 0) is 4.79 Å². The lowest BCUT2D eigenvalue weighted by Gasteiger charge is -2.41. The van der Waals surface area contributed by atoms with E-state index in [9.17, 15) is 4.79 Å². The predicted octanol–water partition coefficient (Wildman–Crippen LogP) is 0.885. The zero-order valence-electron chi connectivity index (χ0n) is 11.5. The summed E-state index contributed by atoms with van der Waals surface area (Å²) < 4.78 is 0. The third kappa shape index (κ3) is 2.63. The SMILES string of the molecule is CC1NC(C)N(CC2(C)CCN(C)CC2)C1=O. The van der Waals surface area contributed by atoms with Crippen LogP contribution in [0.1, 0.15) is 33.6 Å². The molecule has 0 spiro atoms. The molecule has 4 nitrogen and oxygen atoms in total. The van der Waals surface area contributed by atoms with Gasteiger partial charge in [-0.3, -0.25) is 10.1 Å². The van der Waals surface area contributed by atoms with Gasteiger partial charge in [-0.1, -0.05) is 6.92 Å². The average molecular weight is 239 g/mol. The van der Waals surface area contributed by atoms with E-state index in [1.54, 1.807) is 0 Å². The Balaban J connectivity index is 1.98. The van der Waals surface area contributed by atoms with Gasteiger partial charge in [0.05, 0.1) is 12.2 Å². The number of carbonyl (C=O) groups is 1. The summed E-state index contributed by atoms with van der Waals surface area (Å²) in [7, 11) is 2.17. The molecular formula is C13H25N3O. The van der Waals surface area contributed by atoms with Gasteiger partial charge in [-0.15, -0.1) is 0 Å². The van der Waals surface area contributed by atoms with Gasteiger partial charge in [0.1, 0.15) is 0 Å². The molecule has 4 heteroatoms. The summed E-state index contributed by atoms with van der Waals surface area (Å²) in [4.78, 5) is 16.4. The molecule has 98 valence electrons. The maximum absolute atomic E-state index is 12.0. The zero-order valence-corrected chi connectivity index (χ0v) is 11.5. The maximum Gasteiger partial charge on any atom is 0.240 e. The van der Waals surface area contributed by atoms with Gasteiger partial charge in [-0.05, 0) is 52.2 Å². The van der Waals surface area contributed by atoms with Crippen molar-refractivity contribution >= 4 is 5.91 Å². The molecule has 0 saturated carbocycles. The molecule has 0 aliphatic carbocycles. The molecule has 2 unspecified atom stereocenters. The summed E-state index contributed by atoms with van der Waals surface area (Å²) in [5.41, 5.74) is 0.294. The molecule has 17 heavy (non-hydrogen) atoms. The molecule has 0 bridgehead atoms. The van der Waals surface area contributed by atoms with Crippen molar-refractivity contribution in [1.82, 2.24) is 15.1 Å². The number of piperidine rings is 1. The van der Waals surface area contributed by atoms with E-state index in [4.69, 9.17) is 0 Å². The summed E-state index contributed by atoms with van der Waals surface area (Å²) in [6.07, 6.45) is 2.57. The first-order chi connectivity index (χ1) is 7.91. The molecule has 2 rings (SSSR count). The fourth-order valence-corrected chi connectivity index (χ4v) is 2.91. The molecule has 1 N–H and O–H groups in total. The third-order valence-corrected chi connectivity index (χ3v) is 4.36. The van der Waals surface area contributed by atoms with Gasteiger partial charge in [0.15, 0.2) is 0 Å². The second-order valence-corrected chi connectivity index (χ2v) is 6.14. The highest BCUT2D eigenvalue weighted by Gasteiger charge is 2.39. The Morgan fingerprint density at radius 3 is 2.41 bits per heavy atom. The number of rotatable bonds is 2. The van der Waals surface area contributed by atoms with Gasteiger partial charge in [0.25, 0.3) is 0 Å². The van der Waals surface area contributed by atoms with Crippen LogP contribution in [0.15, 0.2) is 0 Å². The Hall–Kier alpha value is -0.610. The van der Waals surface area contributed by atoms with Crippen molar-refractivity contribution in [2.45, 2.75) is 45.8 Å². The number of nitrogens with one attached hydrogen (secondary N) is 1. The molecule has 2 aliphatic rings. The van der Waals surface area contributed by atoms with Gasteiger partial charge in [0.2, 0.25) is 5.91 Å². The molecule has 2 aliphatic heterocycles. The van der Waals surface area contributed by atoms with Crippen molar-refractivity contribution in [2.24, 2.45) is 5.41 Å². The van der Waals surface area contributed by atoms with Crippen molar-refractivity contribution in [3.63, 3.8) is 0 Å². The number of likely N-dealkylation sites (tertiary alicyclic amines) is 1. The Morgan fingerprint density at radius 2 is 1.94 bits per heavy atom. The van der Waals surface area contributed by atoms with Crippen LogP contribution in [-0.4, -0.2) is 54.6 Å². The van der Waals surface area contributed by atoms with Crippen LogP contribution in [0.25, 0.3) is 0 Å². The summed E-state index contributed by atoms with van der Waals surface area (Å²) in [5.74, 6) is 0.262. The highest BCUT2D eigenvalue weighted by atomic mass is 16.2. The minimum absolute atomic E-state index is 0.0140. The molecule has 0 radical (unpaired) electrons. The van der Waals surface area contributed by atoms with Crippen LogP contribution in [0, 0.1) is 5.41 Å². The van der Waals surface area contributed by atoms with E-state index in [2.05, 4.69) is 31.1 Å². The lowest BCUT2D eigenvalue weighted by molar-refractivity contribution is -0.131. The maximum atomic E-state index is 12.0. The molecule has 2 saturated heterocycles. The van der Waals surface area contributed by atoms with E-state index >= 15 is 0 Å². The van der Waals surface area contributed by atoms with E-state index in [0.29, 0.717) is 5.41 Å². The number of carbonyl (C=O) groups excluding carboxylic acids is 1. The van der Waals surface area contributed by atoms with Crippen molar-refractivity contribution in [1.29, 1.82) is 0 Å². The Bertz CT molecular complexity index is 297. The second-order valence-electron chi connectivity index (χ2n) is 6.14. The molecule has 2 atom stereocenters. The Kier molecular flexibility index (Phi) is 3.46. The highest BCUT2D eigenvalue weighted by molar-refractivity contribution is 5.83. The van der Waals surface area contributed by atoms with Crippen LogP contribution in [0.5, 0.6) is 0 Å². The number of hydrogen-bond acceptors (Lipinski definition) is 3. The number of amides is 1. The predicted molar refractivity (Wildman–Crippen MR) is 68.6 cm³/mol. The summed E-state index contributed by atoms with van der Waals surface area (Å²) in [6.45, 7) is 9.56. The van der Waals surface area contributed by atoms with E-state index in [1.807, 2.05) is 11.8 Å². The lowest BCUT2D eigenvalue weighted by Crippen LogP contribution is -2.46. The lowest BCUT2D eigenvalue weighted by atomic mass is 9.80. The zero-order chi connectivity index (χ0) is 12.6. The molecule has 0 aromatic rings. The van der Waals surface area contributed by atoms with E-state index in [0.717, 1.165) is 19.6 Å². The normalized spacial score (nSPS) is 34.4. The molecule has 2 fully saturated rings. The average Bonchev–Trinajstić information content (AvgIpc) is 2.50. The van der Waals surface area contributed by atoms with Crippen molar-refractivity contribution in [2.75, 3.05) is 26.7 Å². The van der Waals surface area contributed by atoms with Crippen LogP contribution < -0.4 is 5.32 Å². The molecular weight excluding hydrogens is 214 g/mol. The monoisotopic (exact) mass is 239 g/mol. The number of nitrogens with zero attached hydrogens (tertiary/aromatic N) is 2. The first-order valence-electron chi connectivity index (χ1n) is 6.66. The van der Waals surface area contributed by atoms with Gasteiger partial charge in [-0.2, -0.15) is 0 Å². The second kappa shape index (κ2) is 4.58. The first-order valence-corrected chi connectivity index (χ1v) is 6.66. The fourth-order valence-electron chi connectivity index (χ4n) is 2.91. The quantitative estimate of drug-likeness (QED) is 0.777. The van der Waals surface area contributed by atoms with Gasteiger partial charge < -0.3 is 9.80 Å². The smallest absolute Gasteiger partial charge is 0.240 e. The van der Waals surface area contributed by atoms with E-state index < -0.39 is 0 Å². The van der Waals surface area contributed by atoms with E-state index in [1.165, 1.54) is 12.8 Å². The van der Waals surface area contributed by atoms with Crippen LogP contribution in [0.4, 0.5) is 0 Å². The summed E-state index contributed by atoms with van der Waals surface area (Å²) >= 11 is 0. The first kappa shape index (κ1) is 12.8. The minimum Gasteiger partial charge on any atom is -0.326 e. The summed E-state index contributed by atoms with van der Waals surface area (Å²) in [6, 6.07) is -0.0140. The third-order valence-electron chi connectivity index (χ3n) is 4.36.